The molecule has 4 atom stereocenters. The van der Waals surface area contributed by atoms with Gasteiger partial charge in [0.2, 0.25) is 5.91 Å². The van der Waals surface area contributed by atoms with E-state index in [1.807, 2.05) is 44.2 Å². The van der Waals surface area contributed by atoms with E-state index >= 15 is 0 Å². The van der Waals surface area contributed by atoms with Crippen LogP contribution in [0.2, 0.25) is 0 Å². The van der Waals surface area contributed by atoms with Crippen molar-refractivity contribution in [2.24, 2.45) is 11.8 Å². The molecule has 0 radical (unpaired) electrons. The zero-order valence-electron chi connectivity index (χ0n) is 23.5. The molecule has 3 amide bonds. The zero-order chi connectivity index (χ0) is 28.0. The highest BCUT2D eigenvalue weighted by Crippen LogP contribution is 2.41. The summed E-state index contributed by atoms with van der Waals surface area (Å²) in [5, 5.41) is 5.77. The average molecular weight is 524 g/mol. The Morgan fingerprint density at radius 3 is 2.13 bits per heavy atom. The summed E-state index contributed by atoms with van der Waals surface area (Å²) >= 11 is 0. The van der Waals surface area contributed by atoms with E-state index in [1.165, 1.54) is 0 Å². The summed E-state index contributed by atoms with van der Waals surface area (Å²) < 4.78 is 10.7. The predicted molar refractivity (Wildman–Crippen MR) is 148 cm³/mol. The molecule has 2 aromatic rings. The van der Waals surface area contributed by atoms with Crippen LogP contribution in [-0.2, 0) is 14.3 Å². The second-order valence-corrected chi connectivity index (χ2v) is 11.4. The molecular formula is C30H41N3O5. The van der Waals surface area contributed by atoms with Crippen LogP contribution in [0.25, 0.3) is 0 Å². The van der Waals surface area contributed by atoms with Crippen molar-refractivity contribution in [3.05, 3.63) is 60.2 Å². The predicted octanol–water partition coefficient (Wildman–Crippen LogP) is 5.55. The summed E-state index contributed by atoms with van der Waals surface area (Å²) in [6.45, 7) is 11.4. The van der Waals surface area contributed by atoms with Gasteiger partial charge in [-0.1, -0.05) is 51.1 Å². The van der Waals surface area contributed by atoms with E-state index in [4.69, 9.17) is 9.47 Å². The van der Waals surface area contributed by atoms with Crippen LogP contribution < -0.4 is 15.4 Å². The third-order valence-electron chi connectivity index (χ3n) is 6.37. The minimum atomic E-state index is -0.879. The van der Waals surface area contributed by atoms with Crippen molar-refractivity contribution >= 4 is 23.6 Å². The fourth-order valence-corrected chi connectivity index (χ4v) is 4.45. The van der Waals surface area contributed by atoms with Crippen LogP contribution in [0.1, 0.15) is 66.0 Å². The molecule has 3 rings (SSSR count). The van der Waals surface area contributed by atoms with E-state index in [0.717, 1.165) is 6.42 Å². The number of nitrogens with one attached hydrogen (secondary N) is 2. The first-order valence-corrected chi connectivity index (χ1v) is 13.2. The molecule has 0 aliphatic heterocycles. The molecule has 2 aromatic carbocycles. The normalized spacial score (nSPS) is 18.2. The van der Waals surface area contributed by atoms with Gasteiger partial charge in [-0.15, -0.1) is 0 Å². The number of benzene rings is 2. The Morgan fingerprint density at radius 1 is 1.03 bits per heavy atom. The average Bonchev–Trinajstić information content (AvgIpc) is 3.56. The Labute approximate surface area is 226 Å². The van der Waals surface area contributed by atoms with Crippen LogP contribution in [0.4, 0.5) is 10.5 Å². The van der Waals surface area contributed by atoms with E-state index in [9.17, 15) is 14.4 Å². The standard InChI is InChI=1S/C30H41N3O5/c1-19(2)17-24(32-29(36)38-30(4,5)6)28(35)33(25-18-20(25)3)26(21-11-9-8-10-12-21)27(34)31-22-13-15-23(37-7)16-14-22/h8-16,19-20,24-26H,17-18H2,1-7H3,(H,31,34)(H,32,36). The Bertz CT molecular complexity index is 1100. The lowest BCUT2D eigenvalue weighted by Crippen LogP contribution is -2.53. The molecule has 0 bridgehead atoms. The molecule has 1 fully saturated rings. The molecule has 8 nitrogen and oxygen atoms in total. The highest BCUT2D eigenvalue weighted by atomic mass is 16.6. The molecule has 1 aliphatic rings. The number of amides is 3. The first-order valence-electron chi connectivity index (χ1n) is 13.2. The fraction of sp³-hybridized carbons (Fsp3) is 0.500. The van der Waals surface area contributed by atoms with E-state index in [1.54, 1.807) is 57.0 Å². The number of alkyl carbamates (subject to hydrolysis) is 1. The number of anilines is 1. The number of methoxy groups -OCH3 is 1. The number of hydrogen-bond donors (Lipinski definition) is 2. The third-order valence-corrected chi connectivity index (χ3v) is 6.37. The molecule has 0 heterocycles. The summed E-state index contributed by atoms with van der Waals surface area (Å²) in [6.07, 6.45) is 0.544. The van der Waals surface area contributed by atoms with E-state index in [-0.39, 0.29) is 29.7 Å². The lowest BCUT2D eigenvalue weighted by atomic mass is 9.98. The minimum absolute atomic E-state index is 0.121. The number of carbonyl (C=O) groups is 3. The van der Waals surface area contributed by atoms with Gasteiger partial charge < -0.3 is 25.0 Å². The second-order valence-electron chi connectivity index (χ2n) is 11.4. The number of carbonyl (C=O) groups excluding carboxylic acids is 3. The zero-order valence-corrected chi connectivity index (χ0v) is 23.5. The molecule has 38 heavy (non-hydrogen) atoms. The molecule has 8 heteroatoms. The molecule has 1 saturated carbocycles. The van der Waals surface area contributed by atoms with E-state index < -0.39 is 23.8 Å². The lowest BCUT2D eigenvalue weighted by Gasteiger charge is -2.35. The Hall–Kier alpha value is -3.55. The van der Waals surface area contributed by atoms with Gasteiger partial charge in [-0.3, -0.25) is 9.59 Å². The van der Waals surface area contributed by atoms with Crippen LogP contribution in [0, 0.1) is 11.8 Å². The first kappa shape index (κ1) is 29.0. The molecule has 206 valence electrons. The van der Waals surface area contributed by atoms with Gasteiger partial charge in [0, 0.05) is 11.7 Å². The summed E-state index contributed by atoms with van der Waals surface area (Å²) in [4.78, 5) is 42.5. The van der Waals surface area contributed by atoms with Gasteiger partial charge in [0.25, 0.3) is 5.91 Å². The van der Waals surface area contributed by atoms with Gasteiger partial charge in [0.15, 0.2) is 0 Å². The van der Waals surface area contributed by atoms with Gasteiger partial charge >= 0.3 is 6.09 Å². The van der Waals surface area contributed by atoms with Gasteiger partial charge in [-0.2, -0.15) is 0 Å². The maximum Gasteiger partial charge on any atom is 0.408 e. The van der Waals surface area contributed by atoms with Crippen LogP contribution in [0.3, 0.4) is 0 Å². The van der Waals surface area contributed by atoms with Crippen molar-refractivity contribution in [2.75, 3.05) is 12.4 Å². The van der Waals surface area contributed by atoms with Crippen molar-refractivity contribution in [3.63, 3.8) is 0 Å². The fourth-order valence-electron chi connectivity index (χ4n) is 4.45. The quantitative estimate of drug-likeness (QED) is 0.426. The number of hydrogen-bond acceptors (Lipinski definition) is 5. The highest BCUT2D eigenvalue weighted by Gasteiger charge is 2.48. The van der Waals surface area contributed by atoms with Crippen molar-refractivity contribution in [2.45, 2.75) is 78.1 Å². The Balaban J connectivity index is 1.97. The highest BCUT2D eigenvalue weighted by molar-refractivity contribution is 5.99. The van der Waals surface area contributed by atoms with Crippen molar-refractivity contribution in [1.29, 1.82) is 0 Å². The molecule has 2 N–H and O–H groups in total. The molecular weight excluding hydrogens is 482 g/mol. The Morgan fingerprint density at radius 2 is 1.63 bits per heavy atom. The van der Waals surface area contributed by atoms with Crippen LogP contribution >= 0.6 is 0 Å². The van der Waals surface area contributed by atoms with Gasteiger partial charge in [0.1, 0.15) is 23.4 Å². The third kappa shape index (κ3) is 7.97. The lowest BCUT2D eigenvalue weighted by molar-refractivity contribution is -0.142. The number of rotatable bonds is 10. The van der Waals surface area contributed by atoms with Crippen LogP contribution in [-0.4, -0.2) is 47.6 Å². The van der Waals surface area contributed by atoms with Crippen LogP contribution in [0.15, 0.2) is 54.6 Å². The number of nitrogens with zero attached hydrogens (tertiary/aromatic N) is 1. The molecule has 1 aliphatic carbocycles. The first-order chi connectivity index (χ1) is 17.9. The summed E-state index contributed by atoms with van der Waals surface area (Å²) in [7, 11) is 1.58. The monoisotopic (exact) mass is 523 g/mol. The largest absolute Gasteiger partial charge is 0.497 e. The second kappa shape index (κ2) is 12.3. The van der Waals surface area contributed by atoms with E-state index in [2.05, 4.69) is 17.6 Å². The molecule has 0 saturated heterocycles. The SMILES string of the molecule is COc1ccc(NC(=O)C(c2ccccc2)N(C(=O)C(CC(C)C)NC(=O)OC(C)(C)C)C2CC2C)cc1. The van der Waals surface area contributed by atoms with Gasteiger partial charge in [-0.25, -0.2) is 4.79 Å². The van der Waals surface area contributed by atoms with E-state index in [0.29, 0.717) is 23.4 Å². The Kier molecular flexibility index (Phi) is 9.41. The topological polar surface area (TPSA) is 97.0 Å². The smallest absolute Gasteiger partial charge is 0.408 e. The summed E-state index contributed by atoms with van der Waals surface area (Å²) in [5.41, 5.74) is 0.593. The summed E-state index contributed by atoms with van der Waals surface area (Å²) in [6, 6.07) is 14.5. The maximum atomic E-state index is 14.2. The van der Waals surface area contributed by atoms with Gasteiger partial charge in [0.05, 0.1) is 7.11 Å². The van der Waals surface area contributed by atoms with Crippen molar-refractivity contribution < 1.29 is 23.9 Å². The number of ether oxygens (including phenoxy) is 2. The van der Waals surface area contributed by atoms with Gasteiger partial charge in [-0.05, 0) is 75.3 Å². The molecule has 4 unspecified atom stereocenters. The molecule has 0 spiro atoms. The maximum absolute atomic E-state index is 14.2. The minimum Gasteiger partial charge on any atom is -0.497 e. The van der Waals surface area contributed by atoms with Crippen molar-refractivity contribution in [3.8, 4) is 5.75 Å². The summed E-state index contributed by atoms with van der Waals surface area (Å²) in [5.74, 6) is 0.420. The van der Waals surface area contributed by atoms with Crippen molar-refractivity contribution in [1.82, 2.24) is 10.2 Å². The van der Waals surface area contributed by atoms with Crippen LogP contribution in [0.5, 0.6) is 5.75 Å². The molecule has 0 aromatic heterocycles.